The van der Waals surface area contributed by atoms with Crippen LogP contribution in [0.1, 0.15) is 43.7 Å². The molecule has 1 aliphatic rings. The summed E-state index contributed by atoms with van der Waals surface area (Å²) in [6, 6.07) is 5.16. The third-order valence-corrected chi connectivity index (χ3v) is 6.78. The molecule has 0 amide bonds. The van der Waals surface area contributed by atoms with Crippen molar-refractivity contribution in [1.29, 1.82) is 0 Å². The molecule has 1 N–H and O–H groups in total. The van der Waals surface area contributed by atoms with Gasteiger partial charge in [-0.3, -0.25) is 0 Å². The lowest BCUT2D eigenvalue weighted by Gasteiger charge is -2.35. The van der Waals surface area contributed by atoms with Crippen LogP contribution in [-0.4, -0.2) is 30.9 Å². The zero-order chi connectivity index (χ0) is 15.6. The standard InChI is InChI=1S/C16H25NO3S/c1-12-7-4-5-9-15(12)17(3)21(19,20)16-10-6-8-14(11-18)13(16)2/h6,8,10,12,15,18H,4-5,7,9,11H2,1-3H3. The molecular formula is C16H25NO3S. The molecule has 0 aromatic heterocycles. The molecule has 118 valence electrons. The van der Waals surface area contributed by atoms with Crippen LogP contribution in [0.4, 0.5) is 0 Å². The third-order valence-electron chi connectivity index (χ3n) is 4.76. The fourth-order valence-corrected chi connectivity index (χ4v) is 5.03. The van der Waals surface area contributed by atoms with Gasteiger partial charge < -0.3 is 5.11 Å². The Hall–Kier alpha value is -0.910. The summed E-state index contributed by atoms with van der Waals surface area (Å²) >= 11 is 0. The van der Waals surface area contributed by atoms with Gasteiger partial charge >= 0.3 is 0 Å². The van der Waals surface area contributed by atoms with Crippen LogP contribution in [0.15, 0.2) is 23.1 Å². The molecule has 1 saturated carbocycles. The Labute approximate surface area is 127 Å². The first kappa shape index (κ1) is 16.5. The van der Waals surface area contributed by atoms with E-state index >= 15 is 0 Å². The molecule has 1 aromatic carbocycles. The lowest BCUT2D eigenvalue weighted by Crippen LogP contribution is -2.42. The molecule has 0 spiro atoms. The SMILES string of the molecule is Cc1c(CO)cccc1S(=O)(=O)N(C)C1CCCCC1C. The number of aliphatic hydroxyl groups is 1. The van der Waals surface area contributed by atoms with E-state index in [9.17, 15) is 13.5 Å². The lowest BCUT2D eigenvalue weighted by molar-refractivity contribution is 0.213. The minimum absolute atomic E-state index is 0.0703. The van der Waals surface area contributed by atoms with Gasteiger partial charge in [0.25, 0.3) is 0 Å². The van der Waals surface area contributed by atoms with Crippen molar-refractivity contribution in [2.24, 2.45) is 5.92 Å². The highest BCUT2D eigenvalue weighted by Gasteiger charge is 2.33. The molecule has 0 saturated heterocycles. The van der Waals surface area contributed by atoms with E-state index in [0.717, 1.165) is 19.3 Å². The molecule has 21 heavy (non-hydrogen) atoms. The maximum absolute atomic E-state index is 12.9. The Morgan fingerprint density at radius 2 is 1.95 bits per heavy atom. The number of hydrogen-bond donors (Lipinski definition) is 1. The van der Waals surface area contributed by atoms with Crippen molar-refractivity contribution in [1.82, 2.24) is 4.31 Å². The summed E-state index contributed by atoms with van der Waals surface area (Å²) in [5, 5.41) is 9.33. The summed E-state index contributed by atoms with van der Waals surface area (Å²) in [5.41, 5.74) is 1.32. The Morgan fingerprint density at radius 1 is 1.29 bits per heavy atom. The van der Waals surface area contributed by atoms with Gasteiger partial charge in [-0.15, -0.1) is 0 Å². The topological polar surface area (TPSA) is 57.6 Å². The Morgan fingerprint density at radius 3 is 2.57 bits per heavy atom. The zero-order valence-corrected chi connectivity index (χ0v) is 13.9. The van der Waals surface area contributed by atoms with E-state index < -0.39 is 10.0 Å². The number of hydrogen-bond acceptors (Lipinski definition) is 3. The van der Waals surface area contributed by atoms with Crippen LogP contribution in [0.3, 0.4) is 0 Å². The van der Waals surface area contributed by atoms with E-state index in [0.29, 0.717) is 21.9 Å². The first-order valence-corrected chi connectivity index (χ1v) is 9.01. The average Bonchev–Trinajstić information content (AvgIpc) is 2.47. The van der Waals surface area contributed by atoms with Crippen LogP contribution in [0.25, 0.3) is 0 Å². The maximum atomic E-state index is 12.9. The molecular weight excluding hydrogens is 286 g/mol. The summed E-state index contributed by atoms with van der Waals surface area (Å²) < 4.78 is 27.4. The van der Waals surface area contributed by atoms with Crippen LogP contribution in [0.5, 0.6) is 0 Å². The number of sulfonamides is 1. The molecule has 2 rings (SSSR count). The maximum Gasteiger partial charge on any atom is 0.243 e. The molecule has 1 aromatic rings. The van der Waals surface area contributed by atoms with Crippen LogP contribution in [-0.2, 0) is 16.6 Å². The molecule has 0 heterocycles. The van der Waals surface area contributed by atoms with E-state index in [1.54, 1.807) is 36.5 Å². The van der Waals surface area contributed by atoms with Crippen LogP contribution in [0.2, 0.25) is 0 Å². The highest BCUT2D eigenvalue weighted by molar-refractivity contribution is 7.89. The fraction of sp³-hybridized carbons (Fsp3) is 0.625. The van der Waals surface area contributed by atoms with E-state index in [1.165, 1.54) is 6.42 Å². The minimum atomic E-state index is -3.51. The fourth-order valence-electron chi connectivity index (χ4n) is 3.28. The summed E-state index contributed by atoms with van der Waals surface area (Å²) in [7, 11) is -1.83. The van der Waals surface area contributed by atoms with E-state index in [2.05, 4.69) is 6.92 Å². The van der Waals surface area contributed by atoms with Crippen molar-refractivity contribution >= 4 is 10.0 Å². The van der Waals surface area contributed by atoms with Gasteiger partial charge in [-0.2, -0.15) is 4.31 Å². The monoisotopic (exact) mass is 311 g/mol. The lowest BCUT2D eigenvalue weighted by atomic mass is 9.86. The summed E-state index contributed by atoms with van der Waals surface area (Å²) in [6.45, 7) is 3.75. The predicted octanol–water partition coefficient (Wildman–Crippen LogP) is 2.69. The van der Waals surface area contributed by atoms with Crippen molar-refractivity contribution < 1.29 is 13.5 Å². The Balaban J connectivity index is 2.37. The Kier molecular flexibility index (Phi) is 5.07. The van der Waals surface area contributed by atoms with Crippen molar-refractivity contribution in [3.05, 3.63) is 29.3 Å². The van der Waals surface area contributed by atoms with Gasteiger partial charge in [0.15, 0.2) is 0 Å². The number of aliphatic hydroxyl groups excluding tert-OH is 1. The summed E-state index contributed by atoms with van der Waals surface area (Å²) in [6.07, 6.45) is 4.28. The quantitative estimate of drug-likeness (QED) is 0.930. The first-order chi connectivity index (χ1) is 9.89. The second kappa shape index (κ2) is 6.46. The van der Waals surface area contributed by atoms with E-state index in [-0.39, 0.29) is 12.6 Å². The van der Waals surface area contributed by atoms with Gasteiger partial charge in [-0.1, -0.05) is 31.9 Å². The summed E-state index contributed by atoms with van der Waals surface area (Å²) in [4.78, 5) is 0.314. The highest BCUT2D eigenvalue weighted by atomic mass is 32.2. The van der Waals surface area contributed by atoms with Crippen molar-refractivity contribution in [2.75, 3.05) is 7.05 Å². The van der Waals surface area contributed by atoms with Crippen molar-refractivity contribution in [3.63, 3.8) is 0 Å². The van der Waals surface area contributed by atoms with Crippen LogP contribution < -0.4 is 0 Å². The van der Waals surface area contributed by atoms with Crippen LogP contribution >= 0.6 is 0 Å². The normalized spacial score (nSPS) is 23.5. The number of nitrogens with zero attached hydrogens (tertiary/aromatic N) is 1. The number of benzene rings is 1. The van der Waals surface area contributed by atoms with Crippen LogP contribution in [0, 0.1) is 12.8 Å². The smallest absolute Gasteiger partial charge is 0.243 e. The largest absolute Gasteiger partial charge is 0.392 e. The number of rotatable bonds is 4. The highest BCUT2D eigenvalue weighted by Crippen LogP contribution is 2.31. The first-order valence-electron chi connectivity index (χ1n) is 7.57. The molecule has 2 atom stereocenters. The molecule has 4 nitrogen and oxygen atoms in total. The predicted molar refractivity (Wildman–Crippen MR) is 83.5 cm³/mol. The molecule has 0 bridgehead atoms. The second-order valence-electron chi connectivity index (χ2n) is 6.05. The van der Waals surface area contributed by atoms with Gasteiger partial charge in [-0.05, 0) is 42.9 Å². The molecule has 2 unspecified atom stereocenters. The Bertz CT molecular complexity index is 598. The van der Waals surface area contributed by atoms with Gasteiger partial charge in [0.05, 0.1) is 11.5 Å². The second-order valence-corrected chi connectivity index (χ2v) is 8.01. The van der Waals surface area contributed by atoms with Crippen molar-refractivity contribution in [2.45, 2.75) is 57.1 Å². The van der Waals surface area contributed by atoms with Gasteiger partial charge in [0.1, 0.15) is 0 Å². The van der Waals surface area contributed by atoms with Gasteiger partial charge in [-0.25, -0.2) is 8.42 Å². The third kappa shape index (κ3) is 3.15. The van der Waals surface area contributed by atoms with Gasteiger partial charge in [0, 0.05) is 13.1 Å². The average molecular weight is 311 g/mol. The van der Waals surface area contributed by atoms with Crippen molar-refractivity contribution in [3.8, 4) is 0 Å². The molecule has 1 aliphatic carbocycles. The minimum Gasteiger partial charge on any atom is -0.392 e. The molecule has 0 radical (unpaired) electrons. The molecule has 5 heteroatoms. The summed E-state index contributed by atoms with van der Waals surface area (Å²) in [5.74, 6) is 0.389. The molecule has 1 fully saturated rings. The van der Waals surface area contributed by atoms with E-state index in [4.69, 9.17) is 0 Å². The van der Waals surface area contributed by atoms with Gasteiger partial charge in [0.2, 0.25) is 10.0 Å². The molecule has 0 aliphatic heterocycles. The van der Waals surface area contributed by atoms with E-state index in [1.807, 2.05) is 0 Å². The zero-order valence-electron chi connectivity index (χ0n) is 13.0.